The molecule has 8 nitrogen and oxygen atoms in total. The number of hydrogen-bond acceptors (Lipinski definition) is 6. The molecule has 0 spiro atoms. The molecule has 2 N–H and O–H groups in total. The summed E-state index contributed by atoms with van der Waals surface area (Å²) < 4.78 is 0. The SMILES string of the molecule is Cc1cccc(Nc2cc(C)nc([C@@H]3CCCCN3C(=O)/C=C/c3cnc[nH]3)n2)n1. The van der Waals surface area contributed by atoms with Crippen LogP contribution in [0.15, 0.2) is 42.9 Å². The Balaban J connectivity index is 1.57. The first-order valence-electron chi connectivity index (χ1n) is 10.1. The first-order chi connectivity index (χ1) is 14.6. The zero-order valence-electron chi connectivity index (χ0n) is 17.2. The highest BCUT2D eigenvalue weighted by molar-refractivity contribution is 5.91. The van der Waals surface area contributed by atoms with E-state index in [1.165, 1.54) is 0 Å². The fourth-order valence-corrected chi connectivity index (χ4v) is 3.63. The number of carbonyl (C=O) groups excluding carboxylic acids is 1. The van der Waals surface area contributed by atoms with Crippen molar-refractivity contribution in [1.29, 1.82) is 0 Å². The van der Waals surface area contributed by atoms with E-state index in [0.29, 0.717) is 18.2 Å². The number of imidazole rings is 1. The zero-order chi connectivity index (χ0) is 20.9. The molecule has 4 heterocycles. The summed E-state index contributed by atoms with van der Waals surface area (Å²) in [6.07, 6.45) is 9.45. The van der Waals surface area contributed by atoms with Gasteiger partial charge in [-0.2, -0.15) is 0 Å². The van der Waals surface area contributed by atoms with Crippen LogP contribution in [0.4, 0.5) is 11.6 Å². The van der Waals surface area contributed by atoms with Crippen LogP contribution >= 0.6 is 0 Å². The van der Waals surface area contributed by atoms with Crippen LogP contribution in [-0.2, 0) is 4.79 Å². The normalized spacial score (nSPS) is 16.7. The second-order valence-electron chi connectivity index (χ2n) is 7.43. The predicted octanol–water partition coefficient (Wildman–Crippen LogP) is 3.72. The third-order valence-corrected chi connectivity index (χ3v) is 5.02. The lowest BCUT2D eigenvalue weighted by Gasteiger charge is -2.34. The van der Waals surface area contributed by atoms with Crippen LogP contribution in [0, 0.1) is 13.8 Å². The molecule has 3 aromatic rings. The number of aromatic amines is 1. The Bertz CT molecular complexity index is 1050. The molecule has 1 atom stereocenters. The van der Waals surface area contributed by atoms with Crippen LogP contribution < -0.4 is 5.32 Å². The van der Waals surface area contributed by atoms with Gasteiger partial charge in [0.25, 0.3) is 0 Å². The van der Waals surface area contributed by atoms with E-state index in [1.54, 1.807) is 24.7 Å². The third kappa shape index (κ3) is 4.71. The molecule has 0 aromatic carbocycles. The van der Waals surface area contributed by atoms with E-state index in [0.717, 1.165) is 42.2 Å². The molecule has 1 saturated heterocycles. The first-order valence-corrected chi connectivity index (χ1v) is 10.1. The average molecular weight is 403 g/mol. The number of aryl methyl sites for hydroxylation is 2. The highest BCUT2D eigenvalue weighted by Gasteiger charge is 2.29. The summed E-state index contributed by atoms with van der Waals surface area (Å²) >= 11 is 0. The van der Waals surface area contributed by atoms with Gasteiger partial charge < -0.3 is 15.2 Å². The molecule has 0 bridgehead atoms. The first kappa shape index (κ1) is 19.8. The number of nitrogens with one attached hydrogen (secondary N) is 2. The van der Waals surface area contributed by atoms with Crippen LogP contribution in [0.1, 0.15) is 48.2 Å². The van der Waals surface area contributed by atoms with E-state index in [4.69, 9.17) is 4.98 Å². The Labute approximate surface area is 175 Å². The Hall–Kier alpha value is -3.55. The molecule has 0 unspecified atom stereocenters. The maximum Gasteiger partial charge on any atom is 0.247 e. The van der Waals surface area contributed by atoms with Gasteiger partial charge in [0, 0.05) is 30.1 Å². The van der Waals surface area contributed by atoms with Crippen molar-refractivity contribution >= 4 is 23.6 Å². The van der Waals surface area contributed by atoms with E-state index in [9.17, 15) is 4.79 Å². The van der Waals surface area contributed by atoms with Crippen molar-refractivity contribution in [2.45, 2.75) is 39.2 Å². The predicted molar refractivity (Wildman–Crippen MR) is 115 cm³/mol. The second-order valence-corrected chi connectivity index (χ2v) is 7.43. The smallest absolute Gasteiger partial charge is 0.247 e. The lowest BCUT2D eigenvalue weighted by molar-refractivity contribution is -0.129. The molecule has 1 amide bonds. The van der Waals surface area contributed by atoms with Gasteiger partial charge >= 0.3 is 0 Å². The summed E-state index contributed by atoms with van der Waals surface area (Å²) in [6.45, 7) is 4.58. The van der Waals surface area contributed by atoms with Gasteiger partial charge in [-0.25, -0.2) is 19.9 Å². The summed E-state index contributed by atoms with van der Waals surface area (Å²) in [5.41, 5.74) is 2.57. The molecule has 1 aliphatic rings. The van der Waals surface area contributed by atoms with Crippen LogP contribution in [0.5, 0.6) is 0 Å². The van der Waals surface area contributed by atoms with E-state index in [1.807, 2.05) is 43.0 Å². The minimum absolute atomic E-state index is 0.0470. The van der Waals surface area contributed by atoms with Gasteiger partial charge in [0.15, 0.2) is 5.82 Å². The maximum absolute atomic E-state index is 12.9. The highest BCUT2D eigenvalue weighted by Crippen LogP contribution is 2.30. The van der Waals surface area contributed by atoms with E-state index in [-0.39, 0.29) is 11.9 Å². The van der Waals surface area contributed by atoms with Crippen LogP contribution in [0.2, 0.25) is 0 Å². The van der Waals surface area contributed by atoms with Crippen LogP contribution in [0.25, 0.3) is 6.08 Å². The van der Waals surface area contributed by atoms with Crippen LogP contribution in [0.3, 0.4) is 0 Å². The number of likely N-dealkylation sites (tertiary alicyclic amines) is 1. The molecule has 154 valence electrons. The number of hydrogen-bond donors (Lipinski definition) is 2. The molecule has 1 aliphatic heterocycles. The maximum atomic E-state index is 12.9. The monoisotopic (exact) mass is 403 g/mol. The van der Waals surface area contributed by atoms with Gasteiger partial charge in [-0.3, -0.25) is 4.79 Å². The summed E-state index contributed by atoms with van der Waals surface area (Å²) in [7, 11) is 0. The molecule has 0 radical (unpaired) electrons. The third-order valence-electron chi connectivity index (χ3n) is 5.02. The zero-order valence-corrected chi connectivity index (χ0v) is 17.2. The highest BCUT2D eigenvalue weighted by atomic mass is 16.2. The molecule has 30 heavy (non-hydrogen) atoms. The van der Waals surface area contributed by atoms with Crippen molar-refractivity contribution in [1.82, 2.24) is 29.8 Å². The minimum Gasteiger partial charge on any atom is -0.345 e. The fourth-order valence-electron chi connectivity index (χ4n) is 3.63. The van der Waals surface area contributed by atoms with Crippen molar-refractivity contribution in [2.24, 2.45) is 0 Å². The number of nitrogens with zero attached hydrogens (tertiary/aromatic N) is 5. The van der Waals surface area contributed by atoms with Gasteiger partial charge in [-0.15, -0.1) is 0 Å². The number of carbonyl (C=O) groups is 1. The number of H-pyrrole nitrogens is 1. The summed E-state index contributed by atoms with van der Waals surface area (Å²) in [5.74, 6) is 2.03. The van der Waals surface area contributed by atoms with Crippen molar-refractivity contribution in [3.63, 3.8) is 0 Å². The molecule has 3 aromatic heterocycles. The second kappa shape index (κ2) is 8.86. The van der Waals surface area contributed by atoms with Gasteiger partial charge in [0.1, 0.15) is 11.6 Å². The molecule has 8 heteroatoms. The lowest BCUT2D eigenvalue weighted by atomic mass is 10.0. The summed E-state index contributed by atoms with van der Waals surface area (Å²) in [5, 5.41) is 3.26. The number of rotatable bonds is 5. The van der Waals surface area contributed by atoms with E-state index < -0.39 is 0 Å². The van der Waals surface area contributed by atoms with Gasteiger partial charge in [0.05, 0.1) is 24.3 Å². The van der Waals surface area contributed by atoms with E-state index in [2.05, 4.69) is 25.3 Å². The van der Waals surface area contributed by atoms with E-state index >= 15 is 0 Å². The Morgan fingerprint density at radius 2 is 2.07 bits per heavy atom. The quantitative estimate of drug-likeness (QED) is 0.630. The number of anilines is 2. The Morgan fingerprint density at radius 3 is 2.87 bits per heavy atom. The standard InChI is InChI=1S/C22H25N7O/c1-15-6-5-8-19(25-15)27-20-12-16(2)26-22(28-20)18-7-3-4-11-29(18)21(30)10-9-17-13-23-14-24-17/h5-6,8-10,12-14,18H,3-4,7,11H2,1-2H3,(H,23,24)(H,25,26,27,28)/b10-9+/t18-/m0/s1. The Morgan fingerprint density at radius 1 is 1.17 bits per heavy atom. The van der Waals surface area contributed by atoms with Crippen molar-refractivity contribution in [2.75, 3.05) is 11.9 Å². The minimum atomic E-state index is -0.149. The topological polar surface area (TPSA) is 99.7 Å². The molecular weight excluding hydrogens is 378 g/mol. The molecule has 0 saturated carbocycles. The molecule has 1 fully saturated rings. The molecule has 0 aliphatic carbocycles. The largest absolute Gasteiger partial charge is 0.345 e. The van der Waals surface area contributed by atoms with Gasteiger partial charge in [-0.05, 0) is 51.3 Å². The van der Waals surface area contributed by atoms with Crippen LogP contribution in [-0.4, -0.2) is 42.3 Å². The van der Waals surface area contributed by atoms with Crippen molar-refractivity contribution in [3.8, 4) is 0 Å². The van der Waals surface area contributed by atoms with Gasteiger partial charge in [0.2, 0.25) is 5.91 Å². The summed E-state index contributed by atoms with van der Waals surface area (Å²) in [6, 6.07) is 7.54. The fraction of sp³-hybridized carbons (Fsp3) is 0.318. The molecular formula is C22H25N7O. The van der Waals surface area contributed by atoms with Crippen molar-refractivity contribution < 1.29 is 4.79 Å². The summed E-state index contributed by atoms with van der Waals surface area (Å²) in [4.78, 5) is 35.6. The van der Waals surface area contributed by atoms with Gasteiger partial charge in [-0.1, -0.05) is 6.07 Å². The number of piperidine rings is 1. The average Bonchev–Trinajstić information content (AvgIpc) is 3.25. The number of pyridine rings is 1. The Kier molecular flexibility index (Phi) is 5.83. The van der Waals surface area contributed by atoms with Crippen molar-refractivity contribution in [3.05, 3.63) is 65.8 Å². The lowest BCUT2D eigenvalue weighted by Crippen LogP contribution is -2.38. The number of aromatic nitrogens is 5. The molecule has 4 rings (SSSR count). The number of amides is 1.